The van der Waals surface area contributed by atoms with Crippen LogP contribution in [0, 0.1) is 5.82 Å². The normalized spacial score (nSPS) is 16.2. The monoisotopic (exact) mass is 623 g/mol. The number of carbonyl (C=O) groups excluding carboxylic acids is 1. The van der Waals surface area contributed by atoms with Gasteiger partial charge in [-0.2, -0.15) is 39.5 Å². The number of nitrogens with zero attached hydrogens (tertiary/aromatic N) is 1. The van der Waals surface area contributed by atoms with Crippen LogP contribution in [-0.4, -0.2) is 24.6 Å². The van der Waals surface area contributed by atoms with Gasteiger partial charge in [-0.1, -0.05) is 13.8 Å². The number of hydrogen-bond donors (Lipinski definition) is 0. The maximum Gasteiger partial charge on any atom is 0.416 e. The van der Waals surface area contributed by atoms with Crippen LogP contribution in [0.5, 0.6) is 5.75 Å². The molecule has 0 aromatic heterocycles. The predicted octanol–water partition coefficient (Wildman–Crippen LogP) is 9.37. The van der Waals surface area contributed by atoms with Gasteiger partial charge < -0.3 is 9.47 Å². The summed E-state index contributed by atoms with van der Waals surface area (Å²) in [5.74, 6) is -1.34. The molecule has 1 atom stereocenters. The summed E-state index contributed by atoms with van der Waals surface area (Å²) in [7, 11) is 1.22. The standard InChI is InChI=1S/C29H23F10NO3/c1-14(2)21-11-22(20-5-4-19(30)10-24(20)42-3)16(8-23(21)29(37,38)39)12-40-13-25(43-26(40)41)15-6-17(27(31,32)33)9-18(7-15)28(34,35)36/h4-11,14,25H,12-13H2,1-3H3/t25-/m1/s1. The molecule has 4 nitrogen and oxygen atoms in total. The molecule has 0 bridgehead atoms. The number of hydrogen-bond acceptors (Lipinski definition) is 3. The van der Waals surface area contributed by atoms with E-state index in [0.29, 0.717) is 12.1 Å². The zero-order valence-electron chi connectivity index (χ0n) is 22.6. The first kappa shape index (κ1) is 32.0. The van der Waals surface area contributed by atoms with Crippen LogP contribution in [-0.2, 0) is 29.8 Å². The molecule has 0 radical (unpaired) electrons. The van der Waals surface area contributed by atoms with E-state index in [4.69, 9.17) is 9.47 Å². The maximum absolute atomic E-state index is 14.1. The van der Waals surface area contributed by atoms with E-state index in [2.05, 4.69) is 0 Å². The molecule has 1 saturated heterocycles. The highest BCUT2D eigenvalue weighted by molar-refractivity contribution is 5.76. The van der Waals surface area contributed by atoms with E-state index in [1.165, 1.54) is 33.1 Å². The SMILES string of the molecule is COc1cc(F)ccc1-c1cc(C(C)C)c(C(F)(F)F)cc1CN1C[C@H](c2cc(C(F)(F)F)cc(C(F)(F)F)c2)OC1=O. The molecule has 14 heteroatoms. The fourth-order valence-corrected chi connectivity index (χ4v) is 4.83. The van der Waals surface area contributed by atoms with E-state index in [9.17, 15) is 48.7 Å². The van der Waals surface area contributed by atoms with Gasteiger partial charge in [0, 0.05) is 18.2 Å². The quantitative estimate of drug-likeness (QED) is 0.257. The number of ether oxygens (including phenoxy) is 2. The molecule has 0 spiro atoms. The molecule has 0 N–H and O–H groups in total. The van der Waals surface area contributed by atoms with E-state index in [1.54, 1.807) is 0 Å². The molecule has 232 valence electrons. The van der Waals surface area contributed by atoms with E-state index in [-0.39, 0.29) is 34.1 Å². The minimum Gasteiger partial charge on any atom is -0.496 e. The largest absolute Gasteiger partial charge is 0.496 e. The topological polar surface area (TPSA) is 38.8 Å². The minimum absolute atomic E-state index is 0.0266. The van der Waals surface area contributed by atoms with Crippen molar-refractivity contribution in [2.24, 2.45) is 0 Å². The van der Waals surface area contributed by atoms with Gasteiger partial charge in [-0.25, -0.2) is 9.18 Å². The van der Waals surface area contributed by atoms with Crippen LogP contribution in [0.4, 0.5) is 48.7 Å². The van der Waals surface area contributed by atoms with Gasteiger partial charge >= 0.3 is 24.6 Å². The van der Waals surface area contributed by atoms with Crippen molar-refractivity contribution < 1.29 is 58.2 Å². The van der Waals surface area contributed by atoms with Gasteiger partial charge in [0.25, 0.3) is 0 Å². The number of amides is 1. The van der Waals surface area contributed by atoms with Crippen molar-refractivity contribution in [3.63, 3.8) is 0 Å². The summed E-state index contributed by atoms with van der Waals surface area (Å²) in [4.78, 5) is 13.6. The highest BCUT2D eigenvalue weighted by Gasteiger charge is 2.41. The lowest BCUT2D eigenvalue weighted by Crippen LogP contribution is -2.25. The molecule has 3 aromatic carbocycles. The number of carbonyl (C=O) groups is 1. The van der Waals surface area contributed by atoms with Crippen molar-refractivity contribution in [1.29, 1.82) is 0 Å². The summed E-state index contributed by atoms with van der Waals surface area (Å²) in [6, 6.07) is 6.15. The third-order valence-corrected chi connectivity index (χ3v) is 6.89. The highest BCUT2D eigenvalue weighted by atomic mass is 19.4. The summed E-state index contributed by atoms with van der Waals surface area (Å²) in [6.45, 7) is 1.92. The predicted molar refractivity (Wildman–Crippen MR) is 134 cm³/mol. The molecule has 0 aliphatic carbocycles. The second-order valence-electron chi connectivity index (χ2n) is 10.2. The van der Waals surface area contributed by atoms with Gasteiger partial charge in [0.05, 0.1) is 30.3 Å². The van der Waals surface area contributed by atoms with Crippen molar-refractivity contribution in [1.82, 2.24) is 4.90 Å². The maximum atomic E-state index is 14.1. The molecule has 1 amide bonds. The Morgan fingerprint density at radius 3 is 1.98 bits per heavy atom. The van der Waals surface area contributed by atoms with Crippen LogP contribution >= 0.6 is 0 Å². The molecule has 1 aliphatic rings. The highest BCUT2D eigenvalue weighted by Crippen LogP contribution is 2.43. The van der Waals surface area contributed by atoms with Crippen LogP contribution in [0.3, 0.4) is 0 Å². The Morgan fingerprint density at radius 2 is 1.47 bits per heavy atom. The molecule has 43 heavy (non-hydrogen) atoms. The van der Waals surface area contributed by atoms with Crippen LogP contribution in [0.25, 0.3) is 11.1 Å². The first-order valence-electron chi connectivity index (χ1n) is 12.6. The number of alkyl halides is 9. The second-order valence-corrected chi connectivity index (χ2v) is 10.2. The summed E-state index contributed by atoms with van der Waals surface area (Å²) >= 11 is 0. The van der Waals surface area contributed by atoms with Gasteiger partial charge in [0.2, 0.25) is 0 Å². The van der Waals surface area contributed by atoms with Crippen molar-refractivity contribution in [3.05, 3.63) is 87.7 Å². The Kier molecular flexibility index (Phi) is 8.37. The summed E-state index contributed by atoms with van der Waals surface area (Å²) in [5, 5.41) is 0. The fraction of sp³-hybridized carbons (Fsp3) is 0.345. The van der Waals surface area contributed by atoms with Gasteiger partial charge in [-0.3, -0.25) is 4.90 Å². The molecular weight excluding hydrogens is 600 g/mol. The molecule has 1 aliphatic heterocycles. The van der Waals surface area contributed by atoms with E-state index in [1.807, 2.05) is 0 Å². The van der Waals surface area contributed by atoms with Gasteiger partial charge in [-0.15, -0.1) is 0 Å². The Morgan fingerprint density at radius 1 is 0.860 bits per heavy atom. The van der Waals surface area contributed by atoms with Crippen molar-refractivity contribution in [3.8, 4) is 16.9 Å². The summed E-state index contributed by atoms with van der Waals surface area (Å²) < 4.78 is 147. The van der Waals surface area contributed by atoms with Crippen LogP contribution in [0.15, 0.2) is 48.5 Å². The zero-order valence-corrected chi connectivity index (χ0v) is 22.6. The fourth-order valence-electron chi connectivity index (χ4n) is 4.83. The molecule has 0 saturated carbocycles. The third-order valence-electron chi connectivity index (χ3n) is 6.89. The minimum atomic E-state index is -5.15. The number of benzene rings is 3. The Balaban J connectivity index is 1.80. The summed E-state index contributed by atoms with van der Waals surface area (Å²) in [5.41, 5.74) is -4.71. The number of methoxy groups -OCH3 is 1. The Bertz CT molecular complexity index is 1490. The van der Waals surface area contributed by atoms with Crippen LogP contribution in [0.1, 0.15) is 59.3 Å². The van der Waals surface area contributed by atoms with Crippen molar-refractivity contribution in [2.75, 3.05) is 13.7 Å². The molecule has 0 unspecified atom stereocenters. The van der Waals surface area contributed by atoms with Crippen LogP contribution in [0.2, 0.25) is 0 Å². The van der Waals surface area contributed by atoms with E-state index < -0.39 is 77.8 Å². The van der Waals surface area contributed by atoms with E-state index >= 15 is 0 Å². The number of rotatable bonds is 6. The van der Waals surface area contributed by atoms with Gasteiger partial charge in [-0.05, 0) is 70.6 Å². The first-order valence-corrected chi connectivity index (χ1v) is 12.6. The molecular formula is C29H23F10NO3. The first-order chi connectivity index (χ1) is 19.8. The number of cyclic esters (lactones) is 1. The van der Waals surface area contributed by atoms with Crippen LogP contribution < -0.4 is 4.74 Å². The van der Waals surface area contributed by atoms with Crippen molar-refractivity contribution in [2.45, 2.75) is 50.9 Å². The smallest absolute Gasteiger partial charge is 0.416 e. The lowest BCUT2D eigenvalue weighted by Gasteiger charge is -2.23. The van der Waals surface area contributed by atoms with Gasteiger partial charge in [0.1, 0.15) is 17.7 Å². The average molecular weight is 623 g/mol. The Labute approximate surface area is 238 Å². The second kappa shape index (κ2) is 11.3. The summed E-state index contributed by atoms with van der Waals surface area (Å²) in [6.07, 6.45) is -17.9. The lowest BCUT2D eigenvalue weighted by molar-refractivity contribution is -0.143. The van der Waals surface area contributed by atoms with Gasteiger partial charge in [0.15, 0.2) is 0 Å². The zero-order chi connectivity index (χ0) is 32.1. The lowest BCUT2D eigenvalue weighted by atomic mass is 9.88. The number of halogens is 10. The molecule has 4 rings (SSSR count). The molecule has 1 fully saturated rings. The van der Waals surface area contributed by atoms with E-state index in [0.717, 1.165) is 23.1 Å². The molecule has 3 aromatic rings. The van der Waals surface area contributed by atoms with Crippen molar-refractivity contribution >= 4 is 6.09 Å². The third kappa shape index (κ3) is 6.83. The molecule has 1 heterocycles. The average Bonchev–Trinajstić information content (AvgIpc) is 3.26. The Hall–Kier alpha value is -3.97.